The van der Waals surface area contributed by atoms with Crippen LogP contribution >= 0.6 is 0 Å². The van der Waals surface area contributed by atoms with Gasteiger partial charge in [-0.25, -0.2) is 0 Å². The Hall–Kier alpha value is -1.39. The van der Waals surface area contributed by atoms with Crippen LogP contribution in [0.2, 0.25) is 0 Å². The van der Waals surface area contributed by atoms with Gasteiger partial charge in [0.05, 0.1) is 0 Å². The van der Waals surface area contributed by atoms with Crippen molar-refractivity contribution in [2.24, 2.45) is 5.92 Å². The number of nitrogens with zero attached hydrogens (tertiary/aromatic N) is 3. The maximum Gasteiger partial charge on any atom is 0.222 e. The number of piperazine rings is 1. The quantitative estimate of drug-likeness (QED) is 0.750. The van der Waals surface area contributed by atoms with Gasteiger partial charge in [-0.15, -0.1) is 0 Å². The number of hydrogen-bond acceptors (Lipinski definition) is 3. The van der Waals surface area contributed by atoms with Crippen LogP contribution in [-0.4, -0.2) is 66.4 Å². The highest BCUT2D eigenvalue weighted by atomic mass is 16.2. The molecule has 1 aromatic carbocycles. The summed E-state index contributed by atoms with van der Waals surface area (Å²) in [5, 5.41) is 0. The van der Waals surface area contributed by atoms with Crippen LogP contribution in [0.4, 0.5) is 0 Å². The number of benzene rings is 1. The average molecular weight is 358 g/mol. The molecule has 0 spiro atoms. The average Bonchev–Trinajstić information content (AvgIpc) is 2.68. The Balaban J connectivity index is 1.36. The molecule has 3 rings (SSSR count). The SMILES string of the molecule is CCCN1CCC[C@@H](CCC(=O)N2CCN(Cc3ccccc3)CC2)C1. The lowest BCUT2D eigenvalue weighted by molar-refractivity contribution is -0.133. The highest BCUT2D eigenvalue weighted by Crippen LogP contribution is 2.22. The fourth-order valence-corrected chi connectivity index (χ4v) is 4.39. The van der Waals surface area contributed by atoms with Gasteiger partial charge in [0, 0.05) is 45.7 Å². The molecule has 1 amide bonds. The predicted octanol–water partition coefficient (Wildman–Crippen LogP) is 3.23. The highest BCUT2D eigenvalue weighted by molar-refractivity contribution is 5.76. The minimum absolute atomic E-state index is 0.372. The molecule has 2 fully saturated rings. The Morgan fingerprint density at radius 2 is 1.81 bits per heavy atom. The zero-order valence-electron chi connectivity index (χ0n) is 16.4. The smallest absolute Gasteiger partial charge is 0.222 e. The van der Waals surface area contributed by atoms with Crippen molar-refractivity contribution in [3.8, 4) is 0 Å². The minimum Gasteiger partial charge on any atom is -0.340 e. The van der Waals surface area contributed by atoms with Crippen molar-refractivity contribution in [2.45, 2.75) is 45.6 Å². The minimum atomic E-state index is 0.372. The van der Waals surface area contributed by atoms with E-state index in [1.54, 1.807) is 0 Å². The molecule has 4 heteroatoms. The molecule has 1 atom stereocenters. The number of carbonyl (C=O) groups excluding carboxylic acids is 1. The standard InChI is InChI=1S/C22H35N3O/c1-2-12-23-13-6-9-21(19-23)10-11-22(26)25-16-14-24(15-17-25)18-20-7-4-3-5-8-20/h3-5,7-8,21H,2,6,9-19H2,1H3/t21-/m0/s1. The summed E-state index contributed by atoms with van der Waals surface area (Å²) in [5.41, 5.74) is 1.36. The van der Waals surface area contributed by atoms with Crippen LogP contribution in [0.3, 0.4) is 0 Å². The molecule has 4 nitrogen and oxygen atoms in total. The maximum absolute atomic E-state index is 12.6. The van der Waals surface area contributed by atoms with Crippen molar-refractivity contribution in [2.75, 3.05) is 45.8 Å². The lowest BCUT2D eigenvalue weighted by atomic mass is 9.93. The second-order valence-corrected chi connectivity index (χ2v) is 7.99. The van der Waals surface area contributed by atoms with Crippen molar-refractivity contribution >= 4 is 5.91 Å². The van der Waals surface area contributed by atoms with Crippen molar-refractivity contribution in [3.63, 3.8) is 0 Å². The number of piperidine rings is 1. The molecule has 144 valence electrons. The molecule has 0 N–H and O–H groups in total. The number of likely N-dealkylation sites (tertiary alicyclic amines) is 1. The molecule has 26 heavy (non-hydrogen) atoms. The van der Waals surface area contributed by atoms with E-state index in [2.05, 4.69) is 52.0 Å². The van der Waals surface area contributed by atoms with E-state index in [1.807, 2.05) is 0 Å². The molecule has 2 aliphatic rings. The van der Waals surface area contributed by atoms with Gasteiger partial charge >= 0.3 is 0 Å². The molecular formula is C22H35N3O. The molecular weight excluding hydrogens is 322 g/mol. The molecule has 2 saturated heterocycles. The van der Waals surface area contributed by atoms with E-state index in [1.165, 1.54) is 44.5 Å². The van der Waals surface area contributed by atoms with E-state index in [-0.39, 0.29) is 0 Å². The molecule has 0 saturated carbocycles. The van der Waals surface area contributed by atoms with E-state index in [0.29, 0.717) is 5.91 Å². The zero-order valence-corrected chi connectivity index (χ0v) is 16.4. The largest absolute Gasteiger partial charge is 0.340 e. The lowest BCUT2D eigenvalue weighted by Crippen LogP contribution is -2.48. The summed E-state index contributed by atoms with van der Waals surface area (Å²) < 4.78 is 0. The first-order chi connectivity index (χ1) is 12.7. The molecule has 0 unspecified atom stereocenters. The Morgan fingerprint density at radius 3 is 2.54 bits per heavy atom. The highest BCUT2D eigenvalue weighted by Gasteiger charge is 2.24. The van der Waals surface area contributed by atoms with Crippen LogP contribution in [0.5, 0.6) is 0 Å². The third kappa shape index (κ3) is 5.82. The predicted molar refractivity (Wildman–Crippen MR) is 107 cm³/mol. The summed E-state index contributed by atoms with van der Waals surface area (Å²) in [6, 6.07) is 10.6. The van der Waals surface area contributed by atoms with Crippen molar-refractivity contribution in [3.05, 3.63) is 35.9 Å². The van der Waals surface area contributed by atoms with E-state index >= 15 is 0 Å². The summed E-state index contributed by atoms with van der Waals surface area (Å²) in [6.45, 7) is 10.7. The Bertz CT molecular complexity index is 538. The van der Waals surface area contributed by atoms with Crippen molar-refractivity contribution < 1.29 is 4.79 Å². The first kappa shape index (κ1) is 19.4. The first-order valence-corrected chi connectivity index (χ1v) is 10.5. The fourth-order valence-electron chi connectivity index (χ4n) is 4.39. The van der Waals surface area contributed by atoms with Crippen LogP contribution in [0.15, 0.2) is 30.3 Å². The second kappa shape index (κ2) is 10.1. The van der Waals surface area contributed by atoms with Gasteiger partial charge in [0.15, 0.2) is 0 Å². The molecule has 0 radical (unpaired) electrons. The van der Waals surface area contributed by atoms with Gasteiger partial charge in [0.1, 0.15) is 0 Å². The molecule has 2 aliphatic heterocycles. The molecule has 2 heterocycles. The van der Waals surface area contributed by atoms with Gasteiger partial charge in [-0.05, 0) is 50.3 Å². The van der Waals surface area contributed by atoms with E-state index in [0.717, 1.165) is 51.5 Å². The van der Waals surface area contributed by atoms with Gasteiger partial charge in [0.25, 0.3) is 0 Å². The molecule has 0 aromatic heterocycles. The monoisotopic (exact) mass is 357 g/mol. The van der Waals surface area contributed by atoms with E-state index in [4.69, 9.17) is 0 Å². The Morgan fingerprint density at radius 1 is 1.04 bits per heavy atom. The van der Waals surface area contributed by atoms with Crippen LogP contribution in [0.1, 0.15) is 44.6 Å². The summed E-state index contributed by atoms with van der Waals surface area (Å²) in [5.74, 6) is 1.09. The normalized spacial score (nSPS) is 22.5. The third-order valence-electron chi connectivity index (χ3n) is 5.88. The van der Waals surface area contributed by atoms with Gasteiger partial charge < -0.3 is 9.80 Å². The Kier molecular flexibility index (Phi) is 7.51. The molecule has 1 aromatic rings. The Labute approximate surface area is 159 Å². The van der Waals surface area contributed by atoms with Crippen molar-refractivity contribution in [1.82, 2.24) is 14.7 Å². The number of hydrogen-bond donors (Lipinski definition) is 0. The number of amides is 1. The summed E-state index contributed by atoms with van der Waals surface area (Å²) in [4.78, 5) is 19.7. The molecule has 0 aliphatic carbocycles. The van der Waals surface area contributed by atoms with Gasteiger partial charge in [0.2, 0.25) is 5.91 Å². The fraction of sp³-hybridized carbons (Fsp3) is 0.682. The third-order valence-corrected chi connectivity index (χ3v) is 5.88. The number of rotatable bonds is 7. The van der Waals surface area contributed by atoms with Crippen LogP contribution < -0.4 is 0 Å². The second-order valence-electron chi connectivity index (χ2n) is 7.99. The van der Waals surface area contributed by atoms with Crippen LogP contribution in [0, 0.1) is 5.92 Å². The lowest BCUT2D eigenvalue weighted by Gasteiger charge is -2.36. The zero-order chi connectivity index (χ0) is 18.2. The van der Waals surface area contributed by atoms with Crippen molar-refractivity contribution in [1.29, 1.82) is 0 Å². The van der Waals surface area contributed by atoms with Gasteiger partial charge in [-0.2, -0.15) is 0 Å². The van der Waals surface area contributed by atoms with Crippen LogP contribution in [0.25, 0.3) is 0 Å². The summed E-state index contributed by atoms with van der Waals surface area (Å²) in [7, 11) is 0. The number of carbonyl (C=O) groups is 1. The van der Waals surface area contributed by atoms with Crippen LogP contribution in [-0.2, 0) is 11.3 Å². The van der Waals surface area contributed by atoms with Gasteiger partial charge in [-0.1, -0.05) is 37.3 Å². The maximum atomic E-state index is 12.6. The topological polar surface area (TPSA) is 26.8 Å². The summed E-state index contributed by atoms with van der Waals surface area (Å²) in [6.07, 6.45) is 5.65. The summed E-state index contributed by atoms with van der Waals surface area (Å²) >= 11 is 0. The van der Waals surface area contributed by atoms with E-state index < -0.39 is 0 Å². The van der Waals surface area contributed by atoms with E-state index in [9.17, 15) is 4.79 Å². The molecule has 0 bridgehead atoms. The first-order valence-electron chi connectivity index (χ1n) is 10.5. The van der Waals surface area contributed by atoms with Gasteiger partial charge in [-0.3, -0.25) is 9.69 Å².